The quantitative estimate of drug-likeness (QED) is 0.703. The van der Waals surface area contributed by atoms with Crippen molar-refractivity contribution < 1.29 is 4.74 Å². The van der Waals surface area contributed by atoms with Crippen molar-refractivity contribution in [1.29, 1.82) is 0 Å². The lowest BCUT2D eigenvalue weighted by Gasteiger charge is -2.12. The summed E-state index contributed by atoms with van der Waals surface area (Å²) >= 11 is 0. The maximum absolute atomic E-state index is 5.76. The van der Waals surface area contributed by atoms with E-state index >= 15 is 0 Å². The van der Waals surface area contributed by atoms with E-state index in [2.05, 4.69) is 64.1 Å². The highest BCUT2D eigenvalue weighted by atomic mass is 16.5. The normalized spacial score (nSPS) is 10.7. The third kappa shape index (κ3) is 4.10. The minimum Gasteiger partial charge on any atom is -0.493 e. The lowest BCUT2D eigenvalue weighted by atomic mass is 9.95. The summed E-state index contributed by atoms with van der Waals surface area (Å²) in [6.07, 6.45) is 3.14. The van der Waals surface area contributed by atoms with Crippen molar-refractivity contribution in [2.45, 2.75) is 47.0 Å². The van der Waals surface area contributed by atoms with Crippen LogP contribution < -0.4 is 4.74 Å². The summed E-state index contributed by atoms with van der Waals surface area (Å²) in [5.41, 5.74) is 6.81. The maximum Gasteiger partial charge on any atom is 0.122 e. The molecule has 112 valence electrons. The van der Waals surface area contributed by atoms with E-state index in [1.165, 1.54) is 27.8 Å². The van der Waals surface area contributed by atoms with Crippen LogP contribution in [0.1, 0.15) is 48.1 Å². The van der Waals surface area contributed by atoms with Gasteiger partial charge in [0, 0.05) is 0 Å². The van der Waals surface area contributed by atoms with E-state index in [1.54, 1.807) is 0 Å². The Morgan fingerprint density at radius 2 is 1.71 bits per heavy atom. The predicted molar refractivity (Wildman–Crippen MR) is 90.3 cm³/mol. The van der Waals surface area contributed by atoms with Gasteiger partial charge < -0.3 is 4.74 Å². The summed E-state index contributed by atoms with van der Waals surface area (Å²) in [7, 11) is 0. The van der Waals surface area contributed by atoms with Crippen LogP contribution in [0.3, 0.4) is 0 Å². The Labute approximate surface area is 129 Å². The molecule has 0 aliphatic rings. The molecule has 0 saturated heterocycles. The molecule has 0 spiro atoms. The SMILES string of the molecule is CCCOc1ccc(Cc2cc(C)ccc2CC)cc1C. The second-order valence-corrected chi connectivity index (χ2v) is 5.75. The zero-order chi connectivity index (χ0) is 15.2. The topological polar surface area (TPSA) is 9.23 Å². The first-order valence-electron chi connectivity index (χ1n) is 7.94. The number of rotatable bonds is 6. The van der Waals surface area contributed by atoms with Crippen LogP contribution in [0.2, 0.25) is 0 Å². The molecule has 0 aliphatic heterocycles. The van der Waals surface area contributed by atoms with Crippen LogP contribution in [-0.4, -0.2) is 6.61 Å². The molecule has 0 radical (unpaired) electrons. The molecule has 2 aromatic rings. The van der Waals surface area contributed by atoms with Crippen LogP contribution in [0.5, 0.6) is 5.75 Å². The van der Waals surface area contributed by atoms with Crippen molar-refractivity contribution in [3.8, 4) is 5.75 Å². The first-order valence-corrected chi connectivity index (χ1v) is 7.94. The zero-order valence-corrected chi connectivity index (χ0v) is 13.7. The van der Waals surface area contributed by atoms with E-state index < -0.39 is 0 Å². The van der Waals surface area contributed by atoms with E-state index in [9.17, 15) is 0 Å². The molecule has 0 amide bonds. The molecule has 0 heterocycles. The average molecular weight is 282 g/mol. The second kappa shape index (κ2) is 7.31. The van der Waals surface area contributed by atoms with Crippen molar-refractivity contribution in [3.05, 3.63) is 64.2 Å². The number of benzene rings is 2. The number of ether oxygens (including phenoxy) is 1. The Balaban J connectivity index is 2.20. The number of hydrogen-bond donors (Lipinski definition) is 0. The van der Waals surface area contributed by atoms with Crippen LogP contribution >= 0.6 is 0 Å². The lowest BCUT2D eigenvalue weighted by molar-refractivity contribution is 0.315. The highest BCUT2D eigenvalue weighted by Gasteiger charge is 2.05. The van der Waals surface area contributed by atoms with Crippen LogP contribution in [0.25, 0.3) is 0 Å². The van der Waals surface area contributed by atoms with Crippen molar-refractivity contribution in [2.24, 2.45) is 0 Å². The molecule has 2 aromatic carbocycles. The van der Waals surface area contributed by atoms with Gasteiger partial charge in [-0.15, -0.1) is 0 Å². The molecule has 0 saturated carbocycles. The second-order valence-electron chi connectivity index (χ2n) is 5.75. The monoisotopic (exact) mass is 282 g/mol. The highest BCUT2D eigenvalue weighted by molar-refractivity contribution is 5.40. The van der Waals surface area contributed by atoms with Gasteiger partial charge in [-0.2, -0.15) is 0 Å². The van der Waals surface area contributed by atoms with E-state index in [0.717, 1.165) is 31.6 Å². The van der Waals surface area contributed by atoms with Gasteiger partial charge in [-0.05, 0) is 61.4 Å². The van der Waals surface area contributed by atoms with Gasteiger partial charge in [-0.3, -0.25) is 0 Å². The van der Waals surface area contributed by atoms with Gasteiger partial charge in [0.25, 0.3) is 0 Å². The van der Waals surface area contributed by atoms with E-state index in [1.807, 2.05) is 0 Å². The van der Waals surface area contributed by atoms with Crippen molar-refractivity contribution in [3.63, 3.8) is 0 Å². The fraction of sp³-hybridized carbons (Fsp3) is 0.400. The molecule has 0 aromatic heterocycles. The van der Waals surface area contributed by atoms with Crippen LogP contribution in [0.15, 0.2) is 36.4 Å². The van der Waals surface area contributed by atoms with Crippen LogP contribution in [0, 0.1) is 13.8 Å². The first kappa shape index (κ1) is 15.6. The number of aryl methyl sites for hydroxylation is 3. The fourth-order valence-electron chi connectivity index (χ4n) is 2.68. The van der Waals surface area contributed by atoms with E-state index in [-0.39, 0.29) is 0 Å². The summed E-state index contributed by atoms with van der Waals surface area (Å²) in [4.78, 5) is 0. The summed E-state index contributed by atoms with van der Waals surface area (Å²) in [5, 5.41) is 0. The average Bonchev–Trinajstić information content (AvgIpc) is 2.47. The van der Waals surface area contributed by atoms with Crippen molar-refractivity contribution in [1.82, 2.24) is 0 Å². The third-order valence-corrected chi connectivity index (χ3v) is 3.84. The molecule has 0 fully saturated rings. The van der Waals surface area contributed by atoms with Gasteiger partial charge in [0.05, 0.1) is 6.61 Å². The van der Waals surface area contributed by atoms with Crippen LogP contribution in [0.4, 0.5) is 0 Å². The standard InChI is InChI=1S/C20H26O/c1-5-11-21-20-10-8-17(13-16(20)4)14-19-12-15(3)7-9-18(19)6-2/h7-10,12-13H,5-6,11,14H2,1-4H3. The lowest BCUT2D eigenvalue weighted by Crippen LogP contribution is -1.99. The Morgan fingerprint density at radius 1 is 0.905 bits per heavy atom. The van der Waals surface area contributed by atoms with E-state index in [0.29, 0.717) is 0 Å². The molecular formula is C20H26O. The Kier molecular flexibility index (Phi) is 5.44. The van der Waals surface area contributed by atoms with Gasteiger partial charge in [-0.1, -0.05) is 49.7 Å². The molecule has 1 nitrogen and oxygen atoms in total. The Hall–Kier alpha value is -1.76. The smallest absolute Gasteiger partial charge is 0.122 e. The molecule has 0 unspecified atom stereocenters. The summed E-state index contributed by atoms with van der Waals surface area (Å²) < 4.78 is 5.76. The van der Waals surface area contributed by atoms with E-state index in [4.69, 9.17) is 4.74 Å². The molecule has 1 heteroatoms. The summed E-state index contributed by atoms with van der Waals surface area (Å²) in [6, 6.07) is 13.3. The zero-order valence-electron chi connectivity index (χ0n) is 13.7. The molecule has 0 N–H and O–H groups in total. The molecule has 21 heavy (non-hydrogen) atoms. The van der Waals surface area contributed by atoms with Gasteiger partial charge >= 0.3 is 0 Å². The molecule has 0 bridgehead atoms. The molecule has 0 aliphatic carbocycles. The minimum atomic E-state index is 0.790. The first-order chi connectivity index (χ1) is 10.1. The maximum atomic E-state index is 5.76. The van der Waals surface area contributed by atoms with Gasteiger partial charge in [0.1, 0.15) is 5.75 Å². The highest BCUT2D eigenvalue weighted by Crippen LogP contribution is 2.23. The molecule has 2 rings (SSSR count). The van der Waals surface area contributed by atoms with Gasteiger partial charge in [0.15, 0.2) is 0 Å². The van der Waals surface area contributed by atoms with Crippen molar-refractivity contribution in [2.75, 3.05) is 6.61 Å². The summed E-state index contributed by atoms with van der Waals surface area (Å²) in [5.74, 6) is 1.01. The molecule has 0 atom stereocenters. The number of hydrogen-bond acceptors (Lipinski definition) is 1. The van der Waals surface area contributed by atoms with Gasteiger partial charge in [-0.25, -0.2) is 0 Å². The predicted octanol–water partition coefficient (Wildman–Crippen LogP) is 5.25. The van der Waals surface area contributed by atoms with Crippen LogP contribution in [-0.2, 0) is 12.8 Å². The largest absolute Gasteiger partial charge is 0.493 e. The van der Waals surface area contributed by atoms with Gasteiger partial charge in [0.2, 0.25) is 0 Å². The molecular weight excluding hydrogens is 256 g/mol. The minimum absolute atomic E-state index is 0.790. The fourth-order valence-corrected chi connectivity index (χ4v) is 2.68. The summed E-state index contributed by atoms with van der Waals surface area (Å²) in [6.45, 7) is 9.44. The Bertz CT molecular complexity index is 599. The Morgan fingerprint density at radius 3 is 2.38 bits per heavy atom. The third-order valence-electron chi connectivity index (χ3n) is 3.84. The van der Waals surface area contributed by atoms with Crippen molar-refractivity contribution >= 4 is 0 Å².